The maximum absolute atomic E-state index is 5.59. The number of ether oxygens (including phenoxy) is 2. The van der Waals surface area contributed by atoms with Crippen LogP contribution in [0.2, 0.25) is 0 Å². The summed E-state index contributed by atoms with van der Waals surface area (Å²) in [5.74, 6) is 1.16. The molecular weight excluding hydrogens is 218 g/mol. The molecule has 0 unspecified atom stereocenters. The fraction of sp³-hybridized carbons (Fsp3) is 0.667. The molecule has 5 nitrogen and oxygen atoms in total. The molecule has 5 heteroatoms. The van der Waals surface area contributed by atoms with E-state index in [-0.39, 0.29) is 0 Å². The van der Waals surface area contributed by atoms with E-state index in [2.05, 4.69) is 29.1 Å². The molecule has 0 spiro atoms. The maximum atomic E-state index is 5.59. The lowest BCUT2D eigenvalue weighted by Gasteiger charge is -2.11. The Labute approximate surface area is 103 Å². The molecule has 0 aliphatic heterocycles. The molecule has 0 aliphatic rings. The van der Waals surface area contributed by atoms with Gasteiger partial charge in [0, 0.05) is 6.04 Å². The summed E-state index contributed by atoms with van der Waals surface area (Å²) < 4.78 is 10.7. The molecule has 1 aromatic heterocycles. The first kappa shape index (κ1) is 13.7. The second-order valence-electron chi connectivity index (χ2n) is 4.12. The van der Waals surface area contributed by atoms with E-state index in [0.717, 1.165) is 18.5 Å². The van der Waals surface area contributed by atoms with E-state index >= 15 is 0 Å². The third-order valence-electron chi connectivity index (χ3n) is 2.30. The van der Waals surface area contributed by atoms with Gasteiger partial charge in [-0.25, -0.2) is 9.97 Å². The number of methoxy groups -OCH3 is 1. The molecule has 96 valence electrons. The van der Waals surface area contributed by atoms with Crippen molar-refractivity contribution in [2.24, 2.45) is 0 Å². The van der Waals surface area contributed by atoms with Crippen molar-refractivity contribution in [3.05, 3.63) is 11.9 Å². The maximum Gasteiger partial charge on any atom is 0.223 e. The molecule has 1 aromatic rings. The molecule has 0 saturated heterocycles. The van der Waals surface area contributed by atoms with Gasteiger partial charge in [-0.3, -0.25) is 0 Å². The van der Waals surface area contributed by atoms with E-state index in [1.165, 1.54) is 6.33 Å². The topological polar surface area (TPSA) is 56.3 Å². The Kier molecular flexibility index (Phi) is 5.69. The molecule has 17 heavy (non-hydrogen) atoms. The summed E-state index contributed by atoms with van der Waals surface area (Å²) in [7, 11) is 1.59. The van der Waals surface area contributed by atoms with Crippen LogP contribution in [0, 0.1) is 6.92 Å². The summed E-state index contributed by atoms with van der Waals surface area (Å²) in [6.45, 7) is 7.72. The number of nitrogens with one attached hydrogen (secondary N) is 1. The zero-order valence-corrected chi connectivity index (χ0v) is 11.0. The van der Waals surface area contributed by atoms with Crippen LogP contribution in [0.4, 0.5) is 0 Å². The minimum absolute atomic E-state index is 0.510. The van der Waals surface area contributed by atoms with Crippen molar-refractivity contribution < 1.29 is 9.47 Å². The predicted molar refractivity (Wildman–Crippen MR) is 66.6 cm³/mol. The van der Waals surface area contributed by atoms with Gasteiger partial charge in [0.2, 0.25) is 11.8 Å². The number of rotatable bonds is 7. The van der Waals surface area contributed by atoms with Crippen LogP contribution in [0.3, 0.4) is 0 Å². The van der Waals surface area contributed by atoms with Gasteiger partial charge in [-0.05, 0) is 19.9 Å². The number of hydrogen-bond acceptors (Lipinski definition) is 5. The lowest BCUT2D eigenvalue weighted by atomic mass is 10.3. The van der Waals surface area contributed by atoms with Crippen LogP contribution in [-0.4, -0.2) is 36.3 Å². The van der Waals surface area contributed by atoms with E-state index in [4.69, 9.17) is 9.47 Å². The van der Waals surface area contributed by atoms with Gasteiger partial charge in [-0.2, -0.15) is 0 Å². The average Bonchev–Trinajstić information content (AvgIpc) is 2.30. The van der Waals surface area contributed by atoms with E-state index in [1.807, 2.05) is 6.92 Å². The van der Waals surface area contributed by atoms with Gasteiger partial charge >= 0.3 is 0 Å². The molecule has 1 heterocycles. The van der Waals surface area contributed by atoms with Gasteiger partial charge in [-0.15, -0.1) is 0 Å². The summed E-state index contributed by atoms with van der Waals surface area (Å²) in [6, 6.07) is 0.510. The average molecular weight is 239 g/mol. The molecule has 0 aromatic carbocycles. The molecule has 0 amide bonds. The second kappa shape index (κ2) is 7.06. The summed E-state index contributed by atoms with van der Waals surface area (Å²) in [5.41, 5.74) is 0.840. The van der Waals surface area contributed by atoms with Crippen LogP contribution in [0.1, 0.15) is 25.8 Å². The zero-order valence-electron chi connectivity index (χ0n) is 11.0. The van der Waals surface area contributed by atoms with E-state index in [1.54, 1.807) is 7.11 Å². The summed E-state index contributed by atoms with van der Waals surface area (Å²) in [6.07, 6.45) is 2.40. The monoisotopic (exact) mass is 239 g/mol. The summed E-state index contributed by atoms with van der Waals surface area (Å²) in [5, 5.41) is 3.33. The van der Waals surface area contributed by atoms with Crippen molar-refractivity contribution in [2.45, 2.75) is 33.2 Å². The number of nitrogens with zero attached hydrogens (tertiary/aromatic N) is 2. The quantitative estimate of drug-likeness (QED) is 0.732. The van der Waals surface area contributed by atoms with Gasteiger partial charge in [0.05, 0.1) is 19.3 Å². The Bertz CT molecular complexity index is 343. The van der Waals surface area contributed by atoms with Crippen molar-refractivity contribution >= 4 is 0 Å². The highest BCUT2D eigenvalue weighted by Crippen LogP contribution is 2.21. The molecule has 0 fully saturated rings. The molecule has 0 radical (unpaired) electrons. The second-order valence-corrected chi connectivity index (χ2v) is 4.12. The third-order valence-corrected chi connectivity index (χ3v) is 2.30. The highest BCUT2D eigenvalue weighted by atomic mass is 16.5. The van der Waals surface area contributed by atoms with Crippen LogP contribution < -0.4 is 14.8 Å². The smallest absolute Gasteiger partial charge is 0.223 e. The molecule has 0 bridgehead atoms. The standard InChI is InChI=1S/C12H21N3O2/c1-9(2)13-6-5-7-17-12-10(3)11(16-4)14-8-15-12/h8-9,13H,5-7H2,1-4H3. The Balaban J connectivity index is 2.36. The Hall–Kier alpha value is -1.36. The highest BCUT2D eigenvalue weighted by Gasteiger charge is 2.07. The van der Waals surface area contributed by atoms with Crippen LogP contribution in [0.25, 0.3) is 0 Å². The molecule has 0 saturated carbocycles. The lowest BCUT2D eigenvalue weighted by Crippen LogP contribution is -2.24. The summed E-state index contributed by atoms with van der Waals surface area (Å²) >= 11 is 0. The molecule has 1 N–H and O–H groups in total. The third kappa shape index (κ3) is 4.56. The van der Waals surface area contributed by atoms with Crippen molar-refractivity contribution in [1.29, 1.82) is 0 Å². The minimum Gasteiger partial charge on any atom is -0.481 e. The fourth-order valence-corrected chi connectivity index (χ4v) is 1.40. The zero-order chi connectivity index (χ0) is 12.7. The van der Waals surface area contributed by atoms with E-state index in [0.29, 0.717) is 24.4 Å². The van der Waals surface area contributed by atoms with Gasteiger partial charge in [-0.1, -0.05) is 13.8 Å². The first-order chi connectivity index (χ1) is 8.15. The van der Waals surface area contributed by atoms with Crippen LogP contribution >= 0.6 is 0 Å². The molecule has 0 atom stereocenters. The van der Waals surface area contributed by atoms with Crippen molar-refractivity contribution in [1.82, 2.24) is 15.3 Å². The molecule has 1 rings (SSSR count). The number of aromatic nitrogens is 2. The van der Waals surface area contributed by atoms with Gasteiger partial charge in [0.1, 0.15) is 6.33 Å². The van der Waals surface area contributed by atoms with Crippen LogP contribution in [0.5, 0.6) is 11.8 Å². The van der Waals surface area contributed by atoms with Crippen molar-refractivity contribution in [3.8, 4) is 11.8 Å². The van der Waals surface area contributed by atoms with Crippen molar-refractivity contribution in [2.75, 3.05) is 20.3 Å². The summed E-state index contributed by atoms with van der Waals surface area (Å²) in [4.78, 5) is 8.09. The molecular formula is C12H21N3O2. The van der Waals surface area contributed by atoms with Gasteiger partial charge < -0.3 is 14.8 Å². The largest absolute Gasteiger partial charge is 0.481 e. The number of hydrogen-bond donors (Lipinski definition) is 1. The highest BCUT2D eigenvalue weighted by molar-refractivity contribution is 5.32. The fourth-order valence-electron chi connectivity index (χ4n) is 1.40. The van der Waals surface area contributed by atoms with Crippen LogP contribution in [-0.2, 0) is 0 Å². The Morgan fingerprint density at radius 3 is 2.65 bits per heavy atom. The minimum atomic E-state index is 0.510. The SMILES string of the molecule is COc1ncnc(OCCCNC(C)C)c1C. The Morgan fingerprint density at radius 1 is 1.29 bits per heavy atom. The first-order valence-electron chi connectivity index (χ1n) is 5.87. The van der Waals surface area contributed by atoms with Crippen LogP contribution in [0.15, 0.2) is 6.33 Å². The van der Waals surface area contributed by atoms with E-state index in [9.17, 15) is 0 Å². The van der Waals surface area contributed by atoms with Gasteiger partial charge in [0.25, 0.3) is 0 Å². The van der Waals surface area contributed by atoms with E-state index < -0.39 is 0 Å². The normalized spacial score (nSPS) is 10.6. The first-order valence-corrected chi connectivity index (χ1v) is 5.87. The Morgan fingerprint density at radius 2 is 2.00 bits per heavy atom. The predicted octanol–water partition coefficient (Wildman–Crippen LogP) is 1.56. The lowest BCUT2D eigenvalue weighted by molar-refractivity contribution is 0.288. The van der Waals surface area contributed by atoms with Crippen molar-refractivity contribution in [3.63, 3.8) is 0 Å². The van der Waals surface area contributed by atoms with Gasteiger partial charge in [0.15, 0.2) is 0 Å². The molecule has 0 aliphatic carbocycles.